The van der Waals surface area contributed by atoms with Gasteiger partial charge in [-0.1, -0.05) is 6.42 Å². The Labute approximate surface area is 150 Å². The van der Waals surface area contributed by atoms with Gasteiger partial charge in [-0.2, -0.15) is 0 Å². The third kappa shape index (κ3) is 3.76. The van der Waals surface area contributed by atoms with Crippen molar-refractivity contribution in [2.75, 3.05) is 44.7 Å². The number of carbonyl (C=O) groups excluding carboxylic acids is 1. The topological polar surface area (TPSA) is 44.8 Å². The Morgan fingerprint density at radius 2 is 1.88 bits per heavy atom. The minimum absolute atomic E-state index is 0.218. The molecule has 5 nitrogen and oxygen atoms in total. The van der Waals surface area contributed by atoms with Crippen molar-refractivity contribution in [3.05, 3.63) is 24.3 Å². The number of amides is 1. The number of carbonyl (C=O) groups is 1. The van der Waals surface area contributed by atoms with Crippen LogP contribution in [-0.4, -0.2) is 56.7 Å². The molecule has 2 bridgehead atoms. The van der Waals surface area contributed by atoms with E-state index in [1.807, 2.05) is 12.1 Å². The number of rotatable bonds is 5. The molecule has 3 atom stereocenters. The molecule has 1 aliphatic heterocycles. The highest BCUT2D eigenvalue weighted by molar-refractivity contribution is 5.78. The number of nitrogens with zero attached hydrogens (tertiary/aromatic N) is 2. The SMILES string of the molecule is COc1ccc(N2CCN(CC(=O)N[C@@H]3C[C@@H]4CC[C@@H]3C4)CC2)cc1. The minimum Gasteiger partial charge on any atom is -0.497 e. The van der Waals surface area contributed by atoms with E-state index in [-0.39, 0.29) is 5.91 Å². The van der Waals surface area contributed by atoms with E-state index in [1.165, 1.54) is 31.4 Å². The van der Waals surface area contributed by atoms with Gasteiger partial charge in [0, 0.05) is 37.9 Å². The zero-order chi connectivity index (χ0) is 17.2. The summed E-state index contributed by atoms with van der Waals surface area (Å²) in [5.74, 6) is 2.74. The quantitative estimate of drug-likeness (QED) is 0.889. The molecule has 1 N–H and O–H groups in total. The summed E-state index contributed by atoms with van der Waals surface area (Å²) < 4.78 is 5.22. The highest BCUT2D eigenvalue weighted by atomic mass is 16.5. The van der Waals surface area contributed by atoms with Crippen LogP contribution in [0.2, 0.25) is 0 Å². The Kier molecular flexibility index (Phi) is 4.84. The summed E-state index contributed by atoms with van der Waals surface area (Å²) in [6.07, 6.45) is 5.24. The third-order valence-electron chi connectivity index (χ3n) is 6.26. The number of nitrogens with one attached hydrogen (secondary N) is 1. The first-order valence-electron chi connectivity index (χ1n) is 9.62. The Balaban J connectivity index is 1.22. The number of methoxy groups -OCH3 is 1. The molecule has 0 radical (unpaired) electrons. The van der Waals surface area contributed by atoms with Crippen molar-refractivity contribution in [2.45, 2.75) is 31.7 Å². The number of benzene rings is 1. The lowest BCUT2D eigenvalue weighted by molar-refractivity contribution is -0.123. The Hall–Kier alpha value is -1.75. The van der Waals surface area contributed by atoms with Crippen molar-refractivity contribution in [3.63, 3.8) is 0 Å². The van der Waals surface area contributed by atoms with Crippen LogP contribution in [0.4, 0.5) is 5.69 Å². The molecule has 0 spiro atoms. The number of fused-ring (bicyclic) bond motifs is 2. The normalized spacial score (nSPS) is 29.0. The molecule has 1 aromatic carbocycles. The molecule has 2 saturated carbocycles. The molecule has 1 aromatic rings. The van der Waals surface area contributed by atoms with Crippen LogP contribution in [0.25, 0.3) is 0 Å². The van der Waals surface area contributed by atoms with Crippen LogP contribution in [0.1, 0.15) is 25.7 Å². The molecule has 4 rings (SSSR count). The molecule has 0 unspecified atom stereocenters. The van der Waals surface area contributed by atoms with Gasteiger partial charge in [0.25, 0.3) is 0 Å². The summed E-state index contributed by atoms with van der Waals surface area (Å²) in [7, 11) is 1.69. The Bertz CT molecular complexity index is 595. The van der Waals surface area contributed by atoms with Crippen LogP contribution in [0.3, 0.4) is 0 Å². The number of ether oxygens (including phenoxy) is 1. The van der Waals surface area contributed by atoms with Crippen LogP contribution in [0.5, 0.6) is 5.75 Å². The average Bonchev–Trinajstić information content (AvgIpc) is 3.25. The molecule has 5 heteroatoms. The van der Waals surface area contributed by atoms with Gasteiger partial charge in [0.2, 0.25) is 5.91 Å². The van der Waals surface area contributed by atoms with Gasteiger partial charge in [-0.05, 0) is 55.4 Å². The van der Waals surface area contributed by atoms with Gasteiger partial charge in [0.1, 0.15) is 5.75 Å². The fraction of sp³-hybridized carbons (Fsp3) is 0.650. The summed E-state index contributed by atoms with van der Waals surface area (Å²) in [5.41, 5.74) is 1.23. The van der Waals surface area contributed by atoms with E-state index in [4.69, 9.17) is 4.74 Å². The number of piperazine rings is 1. The fourth-order valence-electron chi connectivity index (χ4n) is 4.83. The van der Waals surface area contributed by atoms with E-state index < -0.39 is 0 Å². The predicted octanol–water partition coefficient (Wildman–Crippen LogP) is 2.12. The maximum Gasteiger partial charge on any atom is 0.234 e. The van der Waals surface area contributed by atoms with Crippen LogP contribution in [0.15, 0.2) is 24.3 Å². The van der Waals surface area contributed by atoms with Gasteiger partial charge in [-0.25, -0.2) is 0 Å². The highest BCUT2D eigenvalue weighted by Crippen LogP contribution is 2.44. The van der Waals surface area contributed by atoms with E-state index in [1.54, 1.807) is 7.11 Å². The fourth-order valence-corrected chi connectivity index (χ4v) is 4.83. The summed E-state index contributed by atoms with van der Waals surface area (Å²) in [5, 5.41) is 3.31. The molecule has 0 aromatic heterocycles. The van der Waals surface area contributed by atoms with Gasteiger partial charge in [0.05, 0.1) is 13.7 Å². The molecule has 1 amide bonds. The summed E-state index contributed by atoms with van der Waals surface area (Å²) in [6.45, 7) is 4.36. The van der Waals surface area contributed by atoms with Crippen molar-refractivity contribution in [3.8, 4) is 5.75 Å². The van der Waals surface area contributed by atoms with Gasteiger partial charge >= 0.3 is 0 Å². The van der Waals surface area contributed by atoms with Gasteiger partial charge in [0.15, 0.2) is 0 Å². The largest absolute Gasteiger partial charge is 0.497 e. The lowest BCUT2D eigenvalue weighted by atomic mass is 9.95. The van der Waals surface area contributed by atoms with E-state index in [2.05, 4.69) is 27.2 Å². The first kappa shape index (κ1) is 16.7. The maximum atomic E-state index is 12.4. The zero-order valence-electron chi connectivity index (χ0n) is 15.1. The molecular weight excluding hydrogens is 314 g/mol. The molecule has 1 heterocycles. The van der Waals surface area contributed by atoms with Crippen molar-refractivity contribution >= 4 is 11.6 Å². The maximum absolute atomic E-state index is 12.4. The molecule has 3 fully saturated rings. The number of hydrogen-bond donors (Lipinski definition) is 1. The third-order valence-corrected chi connectivity index (χ3v) is 6.26. The van der Waals surface area contributed by atoms with Crippen molar-refractivity contribution in [1.29, 1.82) is 0 Å². The van der Waals surface area contributed by atoms with E-state index >= 15 is 0 Å². The second-order valence-electron chi connectivity index (χ2n) is 7.81. The average molecular weight is 343 g/mol. The van der Waals surface area contributed by atoms with E-state index in [0.29, 0.717) is 12.6 Å². The van der Waals surface area contributed by atoms with E-state index in [9.17, 15) is 4.79 Å². The van der Waals surface area contributed by atoms with E-state index in [0.717, 1.165) is 43.8 Å². The summed E-state index contributed by atoms with van der Waals surface area (Å²) >= 11 is 0. The monoisotopic (exact) mass is 343 g/mol. The molecule has 2 aliphatic carbocycles. The van der Waals surface area contributed by atoms with Crippen LogP contribution in [0, 0.1) is 11.8 Å². The standard InChI is InChI=1S/C20H29N3O2/c1-25-18-6-4-17(5-7-18)23-10-8-22(9-11-23)14-20(24)21-19-13-15-2-3-16(19)12-15/h4-7,15-16,19H,2-3,8-14H2,1H3,(H,21,24)/t15-,16-,19-/m1/s1. The Morgan fingerprint density at radius 1 is 1.12 bits per heavy atom. The van der Waals surface area contributed by atoms with Crippen LogP contribution >= 0.6 is 0 Å². The molecule has 3 aliphatic rings. The van der Waals surface area contributed by atoms with Gasteiger partial charge < -0.3 is 15.0 Å². The van der Waals surface area contributed by atoms with Crippen LogP contribution in [-0.2, 0) is 4.79 Å². The summed E-state index contributed by atoms with van der Waals surface area (Å²) in [6, 6.07) is 8.67. The van der Waals surface area contributed by atoms with Gasteiger partial charge in [-0.3, -0.25) is 9.69 Å². The van der Waals surface area contributed by atoms with Crippen LogP contribution < -0.4 is 15.0 Å². The zero-order valence-corrected chi connectivity index (χ0v) is 15.1. The molecule has 136 valence electrons. The predicted molar refractivity (Wildman–Crippen MR) is 99.0 cm³/mol. The van der Waals surface area contributed by atoms with Crippen molar-refractivity contribution in [1.82, 2.24) is 10.2 Å². The number of hydrogen-bond acceptors (Lipinski definition) is 4. The summed E-state index contributed by atoms with van der Waals surface area (Å²) in [4.78, 5) is 17.0. The lowest BCUT2D eigenvalue weighted by Crippen LogP contribution is -2.51. The highest BCUT2D eigenvalue weighted by Gasteiger charge is 2.40. The molecular formula is C20H29N3O2. The number of anilines is 1. The Morgan fingerprint density at radius 3 is 2.48 bits per heavy atom. The molecule has 25 heavy (non-hydrogen) atoms. The second-order valence-corrected chi connectivity index (χ2v) is 7.81. The first-order valence-corrected chi connectivity index (χ1v) is 9.62. The van der Waals surface area contributed by atoms with Gasteiger partial charge in [-0.15, -0.1) is 0 Å². The second kappa shape index (κ2) is 7.24. The van der Waals surface area contributed by atoms with Crippen molar-refractivity contribution < 1.29 is 9.53 Å². The molecule has 1 saturated heterocycles. The minimum atomic E-state index is 0.218. The van der Waals surface area contributed by atoms with Crippen molar-refractivity contribution in [2.24, 2.45) is 11.8 Å². The smallest absolute Gasteiger partial charge is 0.234 e. The first-order chi connectivity index (χ1) is 12.2. The lowest BCUT2D eigenvalue weighted by Gasteiger charge is -2.36.